The Bertz CT molecular complexity index is 1060. The molecule has 0 saturated heterocycles. The van der Waals surface area contributed by atoms with Gasteiger partial charge < -0.3 is 14.9 Å². The number of fused-ring (bicyclic) bond motifs is 2. The van der Waals surface area contributed by atoms with Crippen molar-refractivity contribution >= 4 is 29.4 Å². The average molecular weight is 411 g/mol. The maximum absolute atomic E-state index is 9.62. The Labute approximate surface area is 172 Å². The molecule has 3 N–H and O–H groups in total. The molecule has 2 aromatic rings. The predicted octanol–water partition coefficient (Wildman–Crippen LogP) is 3.73. The summed E-state index contributed by atoms with van der Waals surface area (Å²) < 4.78 is 5.34. The SMILES string of the molecule is COc1ncnc2c1N=C1CC(C)(C)CC(N/N=C/c3ccc(O)c(O)c3)=C1S2. The van der Waals surface area contributed by atoms with Gasteiger partial charge in [0.2, 0.25) is 5.88 Å². The molecular weight excluding hydrogens is 390 g/mol. The summed E-state index contributed by atoms with van der Waals surface area (Å²) in [4.78, 5) is 14.3. The third kappa shape index (κ3) is 3.91. The summed E-state index contributed by atoms with van der Waals surface area (Å²) in [6, 6.07) is 4.55. The van der Waals surface area contributed by atoms with Crippen LogP contribution in [0.2, 0.25) is 0 Å². The monoisotopic (exact) mass is 411 g/mol. The first-order valence-electron chi connectivity index (χ1n) is 9.05. The minimum Gasteiger partial charge on any atom is -0.504 e. The first kappa shape index (κ1) is 19.3. The van der Waals surface area contributed by atoms with Gasteiger partial charge >= 0.3 is 0 Å². The number of nitrogens with one attached hydrogen (secondary N) is 1. The molecule has 9 heteroatoms. The molecule has 0 atom stereocenters. The summed E-state index contributed by atoms with van der Waals surface area (Å²) >= 11 is 1.54. The van der Waals surface area contributed by atoms with Crippen molar-refractivity contribution in [3.63, 3.8) is 0 Å². The lowest BCUT2D eigenvalue weighted by atomic mass is 9.78. The molecule has 4 rings (SSSR count). The third-order valence-corrected chi connectivity index (χ3v) is 5.82. The van der Waals surface area contributed by atoms with Crippen LogP contribution >= 0.6 is 11.8 Å². The summed E-state index contributed by atoms with van der Waals surface area (Å²) in [5, 5.41) is 24.1. The van der Waals surface area contributed by atoms with Gasteiger partial charge in [0.15, 0.2) is 17.2 Å². The molecule has 0 fully saturated rings. The van der Waals surface area contributed by atoms with E-state index in [9.17, 15) is 10.2 Å². The molecule has 2 aliphatic rings. The lowest BCUT2D eigenvalue weighted by Gasteiger charge is -2.35. The van der Waals surface area contributed by atoms with Crippen LogP contribution < -0.4 is 10.2 Å². The minimum atomic E-state index is -0.183. The number of benzene rings is 1. The van der Waals surface area contributed by atoms with Crippen molar-refractivity contribution < 1.29 is 14.9 Å². The van der Waals surface area contributed by atoms with E-state index < -0.39 is 0 Å². The van der Waals surface area contributed by atoms with Gasteiger partial charge in [-0.25, -0.2) is 9.98 Å². The van der Waals surface area contributed by atoms with Crippen molar-refractivity contribution in [3.05, 3.63) is 40.7 Å². The Morgan fingerprint density at radius 1 is 1.21 bits per heavy atom. The first-order valence-corrected chi connectivity index (χ1v) is 9.87. The molecule has 1 aromatic carbocycles. The number of thioether (sulfide) groups is 1. The molecule has 8 nitrogen and oxygen atoms in total. The molecule has 0 unspecified atom stereocenters. The van der Waals surface area contributed by atoms with Gasteiger partial charge in [0.05, 0.1) is 23.9 Å². The van der Waals surface area contributed by atoms with Crippen molar-refractivity contribution in [2.75, 3.05) is 7.11 Å². The topological polar surface area (TPSA) is 112 Å². The number of aliphatic imine (C=N–C) groups is 1. The highest BCUT2D eigenvalue weighted by Gasteiger charge is 2.35. The van der Waals surface area contributed by atoms with Gasteiger partial charge in [-0.2, -0.15) is 10.1 Å². The van der Waals surface area contributed by atoms with Crippen LogP contribution in [-0.4, -0.2) is 39.2 Å². The van der Waals surface area contributed by atoms with E-state index in [0.29, 0.717) is 17.1 Å². The zero-order valence-corrected chi connectivity index (χ0v) is 17.1. The molecule has 150 valence electrons. The number of hydrogen-bond acceptors (Lipinski definition) is 9. The Kier molecular flexibility index (Phi) is 4.91. The van der Waals surface area contributed by atoms with E-state index in [1.54, 1.807) is 19.4 Å². The number of nitrogens with zero attached hydrogens (tertiary/aromatic N) is 4. The first-order chi connectivity index (χ1) is 13.9. The fourth-order valence-electron chi connectivity index (χ4n) is 3.33. The quantitative estimate of drug-likeness (QED) is 0.304. The van der Waals surface area contributed by atoms with Crippen LogP contribution in [0.15, 0.2) is 50.2 Å². The second-order valence-electron chi connectivity index (χ2n) is 7.64. The molecule has 0 spiro atoms. The number of hydrogen-bond donors (Lipinski definition) is 3. The number of phenols is 2. The van der Waals surface area contributed by atoms with Gasteiger partial charge in [-0.1, -0.05) is 25.6 Å². The number of phenolic OH excluding ortho intramolecular Hbond substituents is 2. The smallest absolute Gasteiger partial charge is 0.244 e. The molecular formula is C20H21N5O3S. The van der Waals surface area contributed by atoms with E-state index in [1.165, 1.54) is 30.2 Å². The van der Waals surface area contributed by atoms with Gasteiger partial charge in [-0.3, -0.25) is 5.43 Å². The van der Waals surface area contributed by atoms with Crippen LogP contribution in [0.25, 0.3) is 0 Å². The number of allylic oxidation sites excluding steroid dienone is 2. The fourth-order valence-corrected chi connectivity index (χ4v) is 4.33. The van der Waals surface area contributed by atoms with Crippen molar-refractivity contribution in [3.8, 4) is 17.4 Å². The maximum atomic E-state index is 9.62. The summed E-state index contributed by atoms with van der Waals surface area (Å²) in [7, 11) is 1.58. The normalized spacial score (nSPS) is 17.6. The van der Waals surface area contributed by atoms with Gasteiger partial charge in [0.25, 0.3) is 0 Å². The second kappa shape index (κ2) is 7.40. The van der Waals surface area contributed by atoms with Crippen LogP contribution in [0.1, 0.15) is 32.3 Å². The van der Waals surface area contributed by atoms with Gasteiger partial charge in [0, 0.05) is 5.70 Å². The van der Waals surface area contributed by atoms with Crippen molar-refractivity contribution in [2.45, 2.75) is 31.7 Å². The standard InChI is InChI=1S/C20H21N5O3S/c1-20(2)7-12-17(29-19-16(24-12)18(28-3)21-10-22-19)13(8-20)25-23-9-11-4-5-14(26)15(27)6-11/h4-6,9-10,25-27H,7-8H2,1-3H3/b23-9+. The van der Waals surface area contributed by atoms with Crippen LogP contribution in [0, 0.1) is 5.41 Å². The van der Waals surface area contributed by atoms with E-state index in [4.69, 9.17) is 9.73 Å². The molecule has 0 bridgehead atoms. The second-order valence-corrected chi connectivity index (χ2v) is 8.64. The van der Waals surface area contributed by atoms with Gasteiger partial charge in [-0.05, 0) is 42.0 Å². The number of ether oxygens (including phenoxy) is 1. The Balaban J connectivity index is 1.66. The van der Waals surface area contributed by atoms with Crippen molar-refractivity contribution in [1.82, 2.24) is 15.4 Å². The molecule has 0 saturated carbocycles. The third-order valence-electron chi connectivity index (χ3n) is 4.64. The Hall–Kier alpha value is -3.07. The molecule has 1 aromatic heterocycles. The molecule has 1 aliphatic heterocycles. The van der Waals surface area contributed by atoms with E-state index in [1.807, 2.05) is 0 Å². The summed E-state index contributed by atoms with van der Waals surface area (Å²) in [5.74, 6) is 0.124. The van der Waals surface area contributed by atoms with E-state index >= 15 is 0 Å². The Morgan fingerprint density at radius 3 is 2.79 bits per heavy atom. The highest BCUT2D eigenvalue weighted by Crippen LogP contribution is 2.49. The predicted molar refractivity (Wildman–Crippen MR) is 112 cm³/mol. The summed E-state index contributed by atoms with van der Waals surface area (Å²) in [6.07, 6.45) is 4.70. The number of aromatic hydroxyl groups is 2. The molecule has 0 radical (unpaired) electrons. The number of hydrazone groups is 1. The lowest BCUT2D eigenvalue weighted by molar-refractivity contribution is 0.362. The molecule has 0 amide bonds. The van der Waals surface area contributed by atoms with Gasteiger partial charge in [-0.15, -0.1) is 0 Å². The average Bonchev–Trinajstić information content (AvgIpc) is 2.68. The highest BCUT2D eigenvalue weighted by molar-refractivity contribution is 8.04. The van der Waals surface area contributed by atoms with Crippen molar-refractivity contribution in [1.29, 1.82) is 0 Å². The highest BCUT2D eigenvalue weighted by atomic mass is 32.2. The van der Waals surface area contributed by atoms with Gasteiger partial charge in [0.1, 0.15) is 11.4 Å². The largest absolute Gasteiger partial charge is 0.504 e. The van der Waals surface area contributed by atoms with E-state index in [0.717, 1.165) is 34.2 Å². The van der Waals surface area contributed by atoms with Crippen LogP contribution in [-0.2, 0) is 0 Å². The number of rotatable bonds is 4. The maximum Gasteiger partial charge on any atom is 0.244 e. The zero-order valence-electron chi connectivity index (χ0n) is 16.3. The fraction of sp³-hybridized carbons (Fsp3) is 0.300. The Morgan fingerprint density at radius 2 is 2.03 bits per heavy atom. The summed E-state index contributed by atoms with van der Waals surface area (Å²) in [5.41, 5.74) is 6.42. The minimum absolute atomic E-state index is 0.0118. The number of methoxy groups -OCH3 is 1. The van der Waals surface area contributed by atoms with Crippen LogP contribution in [0.3, 0.4) is 0 Å². The van der Waals surface area contributed by atoms with E-state index in [2.05, 4.69) is 34.3 Å². The number of aromatic nitrogens is 2. The van der Waals surface area contributed by atoms with E-state index in [-0.39, 0.29) is 16.9 Å². The molecule has 2 heterocycles. The lowest BCUT2D eigenvalue weighted by Crippen LogP contribution is -2.30. The van der Waals surface area contributed by atoms with Crippen molar-refractivity contribution in [2.24, 2.45) is 15.5 Å². The van der Waals surface area contributed by atoms with Crippen LogP contribution in [0.4, 0.5) is 5.69 Å². The summed E-state index contributed by atoms with van der Waals surface area (Å²) in [6.45, 7) is 4.38. The molecule has 1 aliphatic carbocycles. The molecule has 29 heavy (non-hydrogen) atoms. The zero-order chi connectivity index (χ0) is 20.6. The van der Waals surface area contributed by atoms with Crippen LogP contribution in [0.5, 0.6) is 17.4 Å².